The molecule has 19 heavy (non-hydrogen) atoms. The molecule has 1 heterocycles. The van der Waals surface area contributed by atoms with E-state index in [0.717, 1.165) is 31.9 Å². The summed E-state index contributed by atoms with van der Waals surface area (Å²) in [4.78, 5) is 2.07. The van der Waals surface area contributed by atoms with Gasteiger partial charge in [0.1, 0.15) is 0 Å². The second-order valence-electron chi connectivity index (χ2n) is 5.00. The van der Waals surface area contributed by atoms with E-state index in [1.165, 1.54) is 12.1 Å². The molecule has 1 aliphatic heterocycles. The highest BCUT2D eigenvalue weighted by Gasteiger charge is 2.30. The van der Waals surface area contributed by atoms with Gasteiger partial charge >= 0.3 is 6.18 Å². The van der Waals surface area contributed by atoms with Gasteiger partial charge in [-0.25, -0.2) is 0 Å². The minimum atomic E-state index is -4.30. The molecule has 1 aromatic rings. The van der Waals surface area contributed by atoms with Gasteiger partial charge in [0.2, 0.25) is 0 Å². The van der Waals surface area contributed by atoms with Gasteiger partial charge in [0.05, 0.1) is 12.2 Å². The van der Waals surface area contributed by atoms with E-state index >= 15 is 0 Å². The molecule has 0 aliphatic carbocycles. The van der Waals surface area contributed by atoms with E-state index in [-0.39, 0.29) is 12.6 Å². The number of hydrogen-bond acceptors (Lipinski definition) is 2. The Morgan fingerprint density at radius 3 is 2.74 bits per heavy atom. The van der Waals surface area contributed by atoms with Crippen molar-refractivity contribution in [2.24, 2.45) is 0 Å². The molecular formula is C14H18F3NO. The fourth-order valence-corrected chi connectivity index (χ4v) is 2.56. The van der Waals surface area contributed by atoms with Crippen molar-refractivity contribution in [3.05, 3.63) is 35.4 Å². The molecule has 2 nitrogen and oxygen atoms in total. The Kier molecular flexibility index (Phi) is 4.47. The topological polar surface area (TPSA) is 23.5 Å². The van der Waals surface area contributed by atoms with Gasteiger partial charge in [0.25, 0.3) is 0 Å². The Hall–Kier alpha value is -1.07. The molecule has 106 valence electrons. The van der Waals surface area contributed by atoms with Gasteiger partial charge in [-0.1, -0.05) is 24.6 Å². The van der Waals surface area contributed by atoms with E-state index < -0.39 is 11.7 Å². The van der Waals surface area contributed by atoms with Crippen LogP contribution in [-0.2, 0) is 12.7 Å². The maximum Gasteiger partial charge on any atom is 0.416 e. The summed E-state index contributed by atoms with van der Waals surface area (Å²) < 4.78 is 37.9. The molecule has 1 atom stereocenters. The van der Waals surface area contributed by atoms with Crippen LogP contribution in [0.25, 0.3) is 0 Å². The number of likely N-dealkylation sites (tertiary alicyclic amines) is 1. The number of alkyl halides is 3. The fourth-order valence-electron chi connectivity index (χ4n) is 2.56. The SMILES string of the molecule is OCC1CCCCN1Cc1cccc(C(F)(F)F)c1. The smallest absolute Gasteiger partial charge is 0.395 e. The zero-order valence-corrected chi connectivity index (χ0v) is 10.7. The van der Waals surface area contributed by atoms with Crippen molar-refractivity contribution >= 4 is 0 Å². The molecule has 0 amide bonds. The molecule has 0 radical (unpaired) electrons. The highest BCUT2D eigenvalue weighted by Crippen LogP contribution is 2.30. The van der Waals surface area contributed by atoms with E-state index in [2.05, 4.69) is 4.90 Å². The van der Waals surface area contributed by atoms with E-state index in [0.29, 0.717) is 12.1 Å². The highest BCUT2D eigenvalue weighted by atomic mass is 19.4. The second-order valence-corrected chi connectivity index (χ2v) is 5.00. The van der Waals surface area contributed by atoms with Gasteiger partial charge in [0.15, 0.2) is 0 Å². The van der Waals surface area contributed by atoms with Gasteiger partial charge in [-0.05, 0) is 31.0 Å². The Bertz CT molecular complexity index is 419. The van der Waals surface area contributed by atoms with Gasteiger partial charge in [0, 0.05) is 12.6 Å². The lowest BCUT2D eigenvalue weighted by molar-refractivity contribution is -0.137. The third kappa shape index (κ3) is 3.70. The normalized spacial score (nSPS) is 21.6. The first-order valence-electron chi connectivity index (χ1n) is 6.52. The minimum absolute atomic E-state index is 0.0684. The van der Waals surface area contributed by atoms with Gasteiger partial charge in [-0.2, -0.15) is 13.2 Å². The number of piperidine rings is 1. The number of rotatable bonds is 3. The molecule has 1 aliphatic rings. The molecule has 1 N–H and O–H groups in total. The molecule has 0 aromatic heterocycles. The van der Waals surface area contributed by atoms with Gasteiger partial charge in [-0.3, -0.25) is 4.90 Å². The number of halogens is 3. The first kappa shape index (κ1) is 14.3. The Labute approximate surface area is 110 Å². The maximum atomic E-state index is 12.6. The number of hydrogen-bond donors (Lipinski definition) is 1. The maximum absolute atomic E-state index is 12.6. The van der Waals surface area contributed by atoms with Crippen molar-refractivity contribution in [2.75, 3.05) is 13.2 Å². The zero-order chi connectivity index (χ0) is 13.9. The summed E-state index contributed by atoms with van der Waals surface area (Å²) in [5.41, 5.74) is 0.0396. The van der Waals surface area contributed by atoms with Crippen LogP contribution in [0.15, 0.2) is 24.3 Å². The number of nitrogens with zero attached hydrogens (tertiary/aromatic N) is 1. The van der Waals surface area contributed by atoms with Gasteiger partial charge in [-0.15, -0.1) is 0 Å². The van der Waals surface area contributed by atoms with Crippen molar-refractivity contribution in [3.63, 3.8) is 0 Å². The fraction of sp³-hybridized carbons (Fsp3) is 0.571. The standard InChI is InChI=1S/C14H18F3NO/c15-14(16,17)12-5-3-4-11(8-12)9-18-7-2-1-6-13(18)10-19/h3-5,8,13,19H,1-2,6-7,9-10H2. The van der Waals surface area contributed by atoms with Crippen molar-refractivity contribution in [1.29, 1.82) is 0 Å². The highest BCUT2D eigenvalue weighted by molar-refractivity contribution is 5.25. The van der Waals surface area contributed by atoms with Crippen LogP contribution in [0.2, 0.25) is 0 Å². The lowest BCUT2D eigenvalue weighted by Crippen LogP contribution is -2.41. The second kappa shape index (κ2) is 5.92. The number of benzene rings is 1. The predicted octanol–water partition coefficient (Wildman–Crippen LogP) is 3.05. The zero-order valence-electron chi connectivity index (χ0n) is 10.7. The van der Waals surface area contributed by atoms with Crippen LogP contribution in [0, 0.1) is 0 Å². The van der Waals surface area contributed by atoms with Crippen LogP contribution >= 0.6 is 0 Å². The van der Waals surface area contributed by atoms with Crippen molar-refractivity contribution in [2.45, 2.75) is 38.0 Å². The largest absolute Gasteiger partial charge is 0.416 e. The molecule has 2 rings (SSSR count). The van der Waals surface area contributed by atoms with E-state index in [9.17, 15) is 18.3 Å². The van der Waals surface area contributed by atoms with Crippen LogP contribution in [0.5, 0.6) is 0 Å². The third-order valence-corrected chi connectivity index (χ3v) is 3.60. The molecular weight excluding hydrogens is 255 g/mol. The quantitative estimate of drug-likeness (QED) is 0.915. The average molecular weight is 273 g/mol. The predicted molar refractivity (Wildman–Crippen MR) is 66.6 cm³/mol. The summed E-state index contributed by atoms with van der Waals surface area (Å²) in [6.45, 7) is 1.37. The molecule has 1 unspecified atom stereocenters. The summed E-state index contributed by atoms with van der Waals surface area (Å²) in [5, 5.41) is 9.30. The Morgan fingerprint density at radius 2 is 2.05 bits per heavy atom. The minimum Gasteiger partial charge on any atom is -0.395 e. The van der Waals surface area contributed by atoms with Crippen LogP contribution in [-0.4, -0.2) is 29.2 Å². The van der Waals surface area contributed by atoms with Crippen LogP contribution < -0.4 is 0 Å². The van der Waals surface area contributed by atoms with E-state index in [1.54, 1.807) is 6.07 Å². The Morgan fingerprint density at radius 1 is 1.26 bits per heavy atom. The molecule has 1 aromatic carbocycles. The van der Waals surface area contributed by atoms with Crippen LogP contribution in [0.1, 0.15) is 30.4 Å². The first-order chi connectivity index (χ1) is 9.00. The summed E-state index contributed by atoms with van der Waals surface area (Å²) >= 11 is 0. The number of aliphatic hydroxyl groups is 1. The van der Waals surface area contributed by atoms with Gasteiger partial charge < -0.3 is 5.11 Å². The van der Waals surface area contributed by atoms with Crippen LogP contribution in [0.3, 0.4) is 0 Å². The Balaban J connectivity index is 2.10. The van der Waals surface area contributed by atoms with Crippen molar-refractivity contribution in [1.82, 2.24) is 4.90 Å². The van der Waals surface area contributed by atoms with Crippen molar-refractivity contribution < 1.29 is 18.3 Å². The lowest BCUT2D eigenvalue weighted by atomic mass is 10.0. The molecule has 0 bridgehead atoms. The molecule has 1 saturated heterocycles. The number of aliphatic hydroxyl groups excluding tert-OH is 1. The summed E-state index contributed by atoms with van der Waals surface area (Å²) in [6.07, 6.45) is -1.27. The summed E-state index contributed by atoms with van der Waals surface area (Å²) in [6, 6.07) is 5.50. The molecule has 0 spiro atoms. The van der Waals surface area contributed by atoms with Crippen LogP contribution in [0.4, 0.5) is 13.2 Å². The molecule has 5 heteroatoms. The summed E-state index contributed by atoms with van der Waals surface area (Å²) in [5.74, 6) is 0. The van der Waals surface area contributed by atoms with Crippen molar-refractivity contribution in [3.8, 4) is 0 Å². The monoisotopic (exact) mass is 273 g/mol. The average Bonchev–Trinajstić information content (AvgIpc) is 2.39. The lowest BCUT2D eigenvalue weighted by Gasteiger charge is -2.34. The third-order valence-electron chi connectivity index (χ3n) is 3.60. The van der Waals surface area contributed by atoms with E-state index in [1.807, 2.05) is 0 Å². The summed E-state index contributed by atoms with van der Waals surface area (Å²) in [7, 11) is 0. The molecule has 1 fully saturated rings. The molecule has 0 saturated carbocycles. The first-order valence-corrected chi connectivity index (χ1v) is 6.52. The van der Waals surface area contributed by atoms with E-state index in [4.69, 9.17) is 0 Å².